The number of anilines is 1. The molecule has 0 saturated carbocycles. The van der Waals surface area contributed by atoms with E-state index in [0.29, 0.717) is 11.4 Å². The molecule has 0 aromatic heterocycles. The van der Waals surface area contributed by atoms with Crippen molar-refractivity contribution in [1.29, 1.82) is 0 Å². The molecule has 1 aromatic rings. The molecule has 0 aliphatic carbocycles. The number of benzene rings is 1. The summed E-state index contributed by atoms with van der Waals surface area (Å²) in [5, 5.41) is 10.9. The van der Waals surface area contributed by atoms with Gasteiger partial charge in [0.25, 0.3) is 0 Å². The van der Waals surface area contributed by atoms with E-state index < -0.39 is 11.9 Å². The molecule has 0 radical (unpaired) electrons. The van der Waals surface area contributed by atoms with Crippen LogP contribution >= 0.6 is 15.9 Å². The summed E-state index contributed by atoms with van der Waals surface area (Å²) < 4.78 is 5.88. The highest BCUT2D eigenvalue weighted by molar-refractivity contribution is 9.10. The molecule has 0 unspecified atom stereocenters. The highest BCUT2D eigenvalue weighted by Crippen LogP contribution is 2.27. The van der Waals surface area contributed by atoms with Crippen LogP contribution in [-0.4, -0.2) is 24.1 Å². The lowest BCUT2D eigenvalue weighted by atomic mass is 10.3. The van der Waals surface area contributed by atoms with Crippen LogP contribution in [0.3, 0.4) is 0 Å². The highest BCUT2D eigenvalue weighted by atomic mass is 79.9. The van der Waals surface area contributed by atoms with Crippen LogP contribution in [0, 0.1) is 0 Å². The first-order valence-electron chi connectivity index (χ1n) is 4.58. The summed E-state index contributed by atoms with van der Waals surface area (Å²) >= 11 is 3.27. The first kappa shape index (κ1) is 13.2. The molecule has 90 valence electrons. The smallest absolute Gasteiger partial charge is 0.328 e. The molecule has 0 heterocycles. The lowest BCUT2D eigenvalue weighted by Crippen LogP contribution is -2.09. The lowest BCUT2D eigenvalue weighted by molar-refractivity contribution is -0.131. The SMILES string of the molecule is COc1cc(Br)ccc1NC(=O)/C=C\C(=O)O. The number of aliphatic carboxylic acids is 1. The predicted octanol–water partition coefficient (Wildman–Crippen LogP) is 2.04. The van der Waals surface area contributed by atoms with E-state index in [1.54, 1.807) is 18.2 Å². The van der Waals surface area contributed by atoms with Crippen LogP contribution in [0.5, 0.6) is 5.75 Å². The standard InChI is InChI=1S/C11H10BrNO4/c1-17-9-6-7(12)2-3-8(9)13-10(14)4-5-11(15)16/h2-6H,1H3,(H,13,14)(H,15,16)/b5-4-. The highest BCUT2D eigenvalue weighted by Gasteiger charge is 2.06. The zero-order valence-electron chi connectivity index (χ0n) is 8.94. The number of carboxylic acid groups (broad SMARTS) is 1. The topological polar surface area (TPSA) is 75.6 Å². The van der Waals surface area contributed by atoms with Crippen molar-refractivity contribution in [3.8, 4) is 5.75 Å². The molecule has 0 atom stereocenters. The summed E-state index contributed by atoms with van der Waals surface area (Å²) in [6, 6.07) is 5.07. The molecule has 1 rings (SSSR count). The maximum atomic E-state index is 11.3. The van der Waals surface area contributed by atoms with Gasteiger partial charge in [-0.05, 0) is 18.2 Å². The average Bonchev–Trinajstić information content (AvgIpc) is 2.28. The van der Waals surface area contributed by atoms with E-state index >= 15 is 0 Å². The molecule has 6 heteroatoms. The average molecular weight is 300 g/mol. The Bertz CT molecular complexity index is 471. The van der Waals surface area contributed by atoms with Crippen LogP contribution in [0.15, 0.2) is 34.8 Å². The number of nitrogens with one attached hydrogen (secondary N) is 1. The first-order valence-corrected chi connectivity index (χ1v) is 5.37. The Labute approximate surface area is 106 Å². The third kappa shape index (κ3) is 4.28. The van der Waals surface area contributed by atoms with E-state index in [0.717, 1.165) is 16.6 Å². The second-order valence-electron chi connectivity index (χ2n) is 3.01. The number of amides is 1. The number of rotatable bonds is 4. The number of hydrogen-bond acceptors (Lipinski definition) is 3. The van der Waals surface area contributed by atoms with Crippen LogP contribution in [0.25, 0.3) is 0 Å². The predicted molar refractivity (Wildman–Crippen MR) is 66.1 cm³/mol. The van der Waals surface area contributed by atoms with Crippen molar-refractivity contribution in [2.75, 3.05) is 12.4 Å². The summed E-state index contributed by atoms with van der Waals surface area (Å²) in [5.41, 5.74) is 0.468. The number of halogens is 1. The van der Waals surface area contributed by atoms with Crippen LogP contribution in [0.2, 0.25) is 0 Å². The third-order valence-corrected chi connectivity index (χ3v) is 2.29. The van der Waals surface area contributed by atoms with Gasteiger partial charge in [0.05, 0.1) is 12.8 Å². The van der Waals surface area contributed by atoms with Gasteiger partial charge < -0.3 is 15.2 Å². The fraction of sp³-hybridized carbons (Fsp3) is 0.0909. The van der Waals surface area contributed by atoms with Crippen LogP contribution < -0.4 is 10.1 Å². The Morgan fingerprint density at radius 3 is 2.71 bits per heavy atom. The quantitative estimate of drug-likeness (QED) is 0.834. The number of hydrogen-bond donors (Lipinski definition) is 2. The largest absolute Gasteiger partial charge is 0.495 e. The normalized spacial score (nSPS) is 10.2. The maximum Gasteiger partial charge on any atom is 0.328 e. The second-order valence-corrected chi connectivity index (χ2v) is 3.92. The van der Waals surface area contributed by atoms with Gasteiger partial charge in [-0.15, -0.1) is 0 Å². The molecular formula is C11H10BrNO4. The van der Waals surface area contributed by atoms with Crippen molar-refractivity contribution in [2.45, 2.75) is 0 Å². The molecule has 5 nitrogen and oxygen atoms in total. The van der Waals surface area contributed by atoms with Crippen molar-refractivity contribution < 1.29 is 19.4 Å². The van der Waals surface area contributed by atoms with Gasteiger partial charge in [-0.25, -0.2) is 4.79 Å². The minimum Gasteiger partial charge on any atom is -0.495 e. The summed E-state index contributed by atoms with van der Waals surface area (Å²) in [5.74, 6) is -1.23. The summed E-state index contributed by atoms with van der Waals surface area (Å²) in [6.07, 6.45) is 1.70. The number of carbonyl (C=O) groups excluding carboxylic acids is 1. The molecule has 0 spiro atoms. The van der Waals surface area contributed by atoms with Crippen molar-refractivity contribution in [1.82, 2.24) is 0 Å². The Kier molecular flexibility index (Phi) is 4.71. The molecule has 2 N–H and O–H groups in total. The zero-order chi connectivity index (χ0) is 12.8. The minimum absolute atomic E-state index is 0.468. The maximum absolute atomic E-state index is 11.3. The van der Waals surface area contributed by atoms with Gasteiger partial charge in [0.1, 0.15) is 5.75 Å². The second kappa shape index (κ2) is 6.05. The van der Waals surface area contributed by atoms with Gasteiger partial charge >= 0.3 is 5.97 Å². The third-order valence-electron chi connectivity index (χ3n) is 1.80. The van der Waals surface area contributed by atoms with E-state index in [4.69, 9.17) is 9.84 Å². The van der Waals surface area contributed by atoms with Gasteiger partial charge in [0, 0.05) is 16.6 Å². The fourth-order valence-corrected chi connectivity index (χ4v) is 1.43. The molecule has 0 bridgehead atoms. The molecule has 1 aromatic carbocycles. The Balaban J connectivity index is 2.81. The number of carbonyl (C=O) groups is 2. The molecule has 0 aliphatic rings. The summed E-state index contributed by atoms with van der Waals surface area (Å²) in [6.45, 7) is 0. The summed E-state index contributed by atoms with van der Waals surface area (Å²) in [7, 11) is 1.48. The molecule has 1 amide bonds. The molecule has 0 saturated heterocycles. The number of methoxy groups -OCH3 is 1. The van der Waals surface area contributed by atoms with E-state index in [9.17, 15) is 9.59 Å². The van der Waals surface area contributed by atoms with Crippen molar-refractivity contribution in [3.05, 3.63) is 34.8 Å². The number of ether oxygens (including phenoxy) is 1. The van der Waals surface area contributed by atoms with Crippen molar-refractivity contribution in [3.63, 3.8) is 0 Å². The van der Waals surface area contributed by atoms with Gasteiger partial charge in [-0.3, -0.25) is 4.79 Å². The van der Waals surface area contributed by atoms with Gasteiger partial charge in [-0.1, -0.05) is 15.9 Å². The van der Waals surface area contributed by atoms with Crippen LogP contribution in [0.1, 0.15) is 0 Å². The molecule has 0 aliphatic heterocycles. The Morgan fingerprint density at radius 2 is 2.12 bits per heavy atom. The fourth-order valence-electron chi connectivity index (χ4n) is 1.09. The van der Waals surface area contributed by atoms with Gasteiger partial charge in [0.2, 0.25) is 5.91 Å². The Morgan fingerprint density at radius 1 is 1.41 bits per heavy atom. The number of carboxylic acids is 1. The van der Waals surface area contributed by atoms with Crippen molar-refractivity contribution >= 4 is 33.5 Å². The molecule has 0 fully saturated rings. The van der Waals surface area contributed by atoms with Gasteiger partial charge in [0.15, 0.2) is 0 Å². The molecular weight excluding hydrogens is 290 g/mol. The van der Waals surface area contributed by atoms with E-state index in [1.807, 2.05) is 0 Å². The van der Waals surface area contributed by atoms with Crippen molar-refractivity contribution in [2.24, 2.45) is 0 Å². The molecule has 17 heavy (non-hydrogen) atoms. The summed E-state index contributed by atoms with van der Waals surface area (Å²) in [4.78, 5) is 21.6. The first-order chi connectivity index (χ1) is 8.02. The zero-order valence-corrected chi connectivity index (χ0v) is 10.5. The Hall–Kier alpha value is -1.82. The van der Waals surface area contributed by atoms with E-state index in [-0.39, 0.29) is 0 Å². The minimum atomic E-state index is -1.18. The van der Waals surface area contributed by atoms with E-state index in [1.165, 1.54) is 7.11 Å². The monoisotopic (exact) mass is 299 g/mol. The van der Waals surface area contributed by atoms with Gasteiger partial charge in [-0.2, -0.15) is 0 Å². The van der Waals surface area contributed by atoms with E-state index in [2.05, 4.69) is 21.2 Å². The van der Waals surface area contributed by atoms with Crippen LogP contribution in [-0.2, 0) is 9.59 Å². The lowest BCUT2D eigenvalue weighted by Gasteiger charge is -2.08. The van der Waals surface area contributed by atoms with Crippen LogP contribution in [0.4, 0.5) is 5.69 Å².